The lowest BCUT2D eigenvalue weighted by Gasteiger charge is -2.33. The summed E-state index contributed by atoms with van der Waals surface area (Å²) in [5.41, 5.74) is 18.2. The molecule has 116 valence electrons. The quantitative estimate of drug-likeness (QED) is 0.812. The Bertz CT molecular complexity index is 689. The number of nitrogens with two attached hydrogens (primary N) is 2. The SMILES string of the molecule is CCC1(C)CC(CC)(c2ccc(N)cc2)c2cc(N)ccc21. The molecule has 0 saturated carbocycles. The molecule has 0 fully saturated rings. The summed E-state index contributed by atoms with van der Waals surface area (Å²) in [4.78, 5) is 0. The van der Waals surface area contributed by atoms with Gasteiger partial charge in [0.1, 0.15) is 0 Å². The second kappa shape index (κ2) is 5.05. The number of hydrogen-bond acceptors (Lipinski definition) is 2. The van der Waals surface area contributed by atoms with E-state index in [0.717, 1.165) is 30.6 Å². The maximum atomic E-state index is 6.12. The fourth-order valence-corrected chi connectivity index (χ4v) is 4.24. The molecule has 0 bridgehead atoms. The van der Waals surface area contributed by atoms with Crippen LogP contribution in [0.25, 0.3) is 0 Å². The Morgan fingerprint density at radius 3 is 2.09 bits per heavy atom. The van der Waals surface area contributed by atoms with Crippen LogP contribution in [0.1, 0.15) is 56.7 Å². The largest absolute Gasteiger partial charge is 0.399 e. The summed E-state index contributed by atoms with van der Waals surface area (Å²) >= 11 is 0. The minimum Gasteiger partial charge on any atom is -0.399 e. The smallest absolute Gasteiger partial charge is 0.0317 e. The zero-order chi connectivity index (χ0) is 16.0. The van der Waals surface area contributed by atoms with E-state index in [9.17, 15) is 0 Å². The Morgan fingerprint density at radius 2 is 1.50 bits per heavy atom. The zero-order valence-electron chi connectivity index (χ0n) is 13.8. The van der Waals surface area contributed by atoms with Gasteiger partial charge >= 0.3 is 0 Å². The van der Waals surface area contributed by atoms with E-state index in [1.54, 1.807) is 0 Å². The first-order chi connectivity index (χ1) is 10.4. The van der Waals surface area contributed by atoms with Gasteiger partial charge in [-0.1, -0.05) is 39.0 Å². The molecule has 2 aromatic rings. The highest BCUT2D eigenvalue weighted by Crippen LogP contribution is 2.56. The van der Waals surface area contributed by atoms with Gasteiger partial charge in [0.25, 0.3) is 0 Å². The summed E-state index contributed by atoms with van der Waals surface area (Å²) in [5, 5.41) is 0. The summed E-state index contributed by atoms with van der Waals surface area (Å²) in [7, 11) is 0. The fourth-order valence-electron chi connectivity index (χ4n) is 4.24. The van der Waals surface area contributed by atoms with Gasteiger partial charge in [0.05, 0.1) is 0 Å². The molecule has 0 aromatic heterocycles. The maximum absolute atomic E-state index is 6.12. The molecule has 0 spiro atoms. The third kappa shape index (κ3) is 2.01. The van der Waals surface area contributed by atoms with Gasteiger partial charge in [0.15, 0.2) is 0 Å². The van der Waals surface area contributed by atoms with Crippen molar-refractivity contribution in [3.8, 4) is 0 Å². The van der Waals surface area contributed by atoms with Crippen molar-refractivity contribution in [1.82, 2.24) is 0 Å². The number of hydrogen-bond donors (Lipinski definition) is 2. The minimum absolute atomic E-state index is 0.0448. The number of nitrogen functional groups attached to an aromatic ring is 2. The Hall–Kier alpha value is -1.96. The van der Waals surface area contributed by atoms with Gasteiger partial charge in [-0.3, -0.25) is 0 Å². The van der Waals surface area contributed by atoms with Gasteiger partial charge in [-0.15, -0.1) is 0 Å². The summed E-state index contributed by atoms with van der Waals surface area (Å²) in [6.45, 7) is 6.95. The number of rotatable bonds is 3. The number of anilines is 2. The van der Waals surface area contributed by atoms with Crippen molar-refractivity contribution in [1.29, 1.82) is 0 Å². The van der Waals surface area contributed by atoms with Gasteiger partial charge in [0, 0.05) is 16.8 Å². The highest BCUT2D eigenvalue weighted by molar-refractivity contribution is 5.58. The first kappa shape index (κ1) is 15.0. The molecule has 2 atom stereocenters. The Balaban J connectivity index is 2.25. The molecule has 0 radical (unpaired) electrons. The summed E-state index contributed by atoms with van der Waals surface area (Å²) in [5.74, 6) is 0. The average molecular weight is 294 g/mol. The van der Waals surface area contributed by atoms with Crippen LogP contribution in [0.15, 0.2) is 42.5 Å². The Labute approximate surface area is 133 Å². The molecule has 2 nitrogen and oxygen atoms in total. The van der Waals surface area contributed by atoms with Gasteiger partial charge in [-0.25, -0.2) is 0 Å². The lowest BCUT2D eigenvalue weighted by atomic mass is 9.70. The van der Waals surface area contributed by atoms with Crippen LogP contribution < -0.4 is 11.5 Å². The van der Waals surface area contributed by atoms with Crippen LogP contribution in [-0.4, -0.2) is 0 Å². The summed E-state index contributed by atoms with van der Waals surface area (Å²) < 4.78 is 0. The van der Waals surface area contributed by atoms with E-state index in [-0.39, 0.29) is 10.8 Å². The molecule has 0 aliphatic heterocycles. The van der Waals surface area contributed by atoms with Crippen LogP contribution in [0.5, 0.6) is 0 Å². The van der Waals surface area contributed by atoms with Gasteiger partial charge < -0.3 is 11.5 Å². The van der Waals surface area contributed by atoms with E-state index in [4.69, 9.17) is 11.5 Å². The molecule has 0 heterocycles. The van der Waals surface area contributed by atoms with Crippen LogP contribution in [0.4, 0.5) is 11.4 Å². The molecular weight excluding hydrogens is 268 g/mol. The molecule has 0 amide bonds. The maximum Gasteiger partial charge on any atom is 0.0317 e. The van der Waals surface area contributed by atoms with Crippen LogP contribution in [0, 0.1) is 0 Å². The van der Waals surface area contributed by atoms with Crippen molar-refractivity contribution in [3.63, 3.8) is 0 Å². The van der Waals surface area contributed by atoms with Crippen molar-refractivity contribution in [2.24, 2.45) is 0 Å². The Morgan fingerprint density at radius 1 is 0.864 bits per heavy atom. The number of benzene rings is 2. The van der Waals surface area contributed by atoms with Crippen molar-refractivity contribution in [3.05, 3.63) is 59.2 Å². The molecular formula is C20H26N2. The minimum atomic E-state index is 0.0448. The van der Waals surface area contributed by atoms with E-state index in [1.807, 2.05) is 18.2 Å². The van der Waals surface area contributed by atoms with Crippen LogP contribution in [0.3, 0.4) is 0 Å². The fraction of sp³-hybridized carbons (Fsp3) is 0.400. The predicted molar refractivity (Wildman–Crippen MR) is 95.0 cm³/mol. The van der Waals surface area contributed by atoms with E-state index in [0.29, 0.717) is 0 Å². The topological polar surface area (TPSA) is 52.0 Å². The van der Waals surface area contributed by atoms with Crippen LogP contribution >= 0.6 is 0 Å². The molecule has 4 N–H and O–H groups in total. The summed E-state index contributed by atoms with van der Waals surface area (Å²) in [6, 6.07) is 14.9. The highest BCUT2D eigenvalue weighted by atomic mass is 14.6. The second-order valence-corrected chi connectivity index (χ2v) is 6.95. The molecule has 1 aliphatic carbocycles. The molecule has 2 aromatic carbocycles. The van der Waals surface area contributed by atoms with E-state index < -0.39 is 0 Å². The molecule has 2 heteroatoms. The van der Waals surface area contributed by atoms with E-state index >= 15 is 0 Å². The first-order valence-electron chi connectivity index (χ1n) is 8.22. The van der Waals surface area contributed by atoms with E-state index in [2.05, 4.69) is 45.0 Å². The third-order valence-corrected chi connectivity index (χ3v) is 5.75. The lowest BCUT2D eigenvalue weighted by Crippen LogP contribution is -2.27. The van der Waals surface area contributed by atoms with Crippen molar-refractivity contribution in [2.75, 3.05) is 11.5 Å². The standard InChI is InChI=1S/C20H26N2/c1-4-19(3)13-20(5-2,14-6-8-15(21)9-7-14)18-12-16(22)10-11-17(18)19/h6-12H,4-5,13,21-22H2,1-3H3. The van der Waals surface area contributed by atoms with Gasteiger partial charge in [-0.05, 0) is 65.6 Å². The lowest BCUT2D eigenvalue weighted by molar-refractivity contribution is 0.359. The normalized spacial score (nSPS) is 26.9. The predicted octanol–water partition coefficient (Wildman–Crippen LogP) is 4.62. The van der Waals surface area contributed by atoms with Gasteiger partial charge in [0.2, 0.25) is 0 Å². The van der Waals surface area contributed by atoms with Crippen LogP contribution in [0.2, 0.25) is 0 Å². The average Bonchev–Trinajstić information content (AvgIpc) is 2.78. The first-order valence-corrected chi connectivity index (χ1v) is 8.22. The second-order valence-electron chi connectivity index (χ2n) is 6.95. The van der Waals surface area contributed by atoms with Crippen molar-refractivity contribution >= 4 is 11.4 Å². The molecule has 22 heavy (non-hydrogen) atoms. The molecule has 1 aliphatic rings. The van der Waals surface area contributed by atoms with Crippen LogP contribution in [-0.2, 0) is 10.8 Å². The number of fused-ring (bicyclic) bond motifs is 1. The zero-order valence-corrected chi connectivity index (χ0v) is 13.8. The summed E-state index contributed by atoms with van der Waals surface area (Å²) in [6.07, 6.45) is 3.35. The molecule has 2 unspecified atom stereocenters. The highest BCUT2D eigenvalue weighted by Gasteiger charge is 2.48. The van der Waals surface area contributed by atoms with E-state index in [1.165, 1.54) is 16.7 Å². The van der Waals surface area contributed by atoms with Crippen molar-refractivity contribution < 1.29 is 0 Å². The molecule has 3 rings (SSSR count). The monoisotopic (exact) mass is 294 g/mol. The molecule has 0 saturated heterocycles. The van der Waals surface area contributed by atoms with Gasteiger partial charge in [-0.2, -0.15) is 0 Å². The Kier molecular flexibility index (Phi) is 3.43. The van der Waals surface area contributed by atoms with Crippen molar-refractivity contribution in [2.45, 2.75) is 50.9 Å². The third-order valence-electron chi connectivity index (χ3n) is 5.75.